The highest BCUT2D eigenvalue weighted by molar-refractivity contribution is 5.56. The van der Waals surface area contributed by atoms with Crippen LogP contribution in [0.1, 0.15) is 63.1 Å². The molecule has 35 heavy (non-hydrogen) atoms. The van der Waals surface area contributed by atoms with E-state index < -0.39 is 0 Å². The fraction of sp³-hybridized carbons (Fsp3) is 0.400. The van der Waals surface area contributed by atoms with Gasteiger partial charge in [0.15, 0.2) is 0 Å². The normalized spacial score (nSPS) is 9.86. The van der Waals surface area contributed by atoms with Crippen molar-refractivity contribution in [2.75, 3.05) is 31.4 Å². The second kappa shape index (κ2) is 17.1. The van der Waals surface area contributed by atoms with Crippen molar-refractivity contribution in [2.45, 2.75) is 65.7 Å². The van der Waals surface area contributed by atoms with Crippen molar-refractivity contribution in [3.05, 3.63) is 77.4 Å². The van der Waals surface area contributed by atoms with Gasteiger partial charge in [-0.2, -0.15) is 0 Å². The molecule has 0 spiro atoms. The van der Waals surface area contributed by atoms with Crippen LogP contribution in [0.3, 0.4) is 0 Å². The van der Waals surface area contributed by atoms with Gasteiger partial charge in [0, 0.05) is 17.4 Å². The van der Waals surface area contributed by atoms with Crippen LogP contribution in [0.15, 0.2) is 60.7 Å². The number of unbranched alkanes of at least 4 members (excludes halogenated alkanes) is 2. The molecule has 0 saturated heterocycles. The molecule has 0 radical (unpaired) electrons. The molecule has 192 valence electrons. The minimum absolute atomic E-state index is 0.590. The van der Waals surface area contributed by atoms with Gasteiger partial charge in [0.05, 0.1) is 19.9 Å². The number of rotatable bonds is 9. The van der Waals surface area contributed by atoms with Gasteiger partial charge in [0.1, 0.15) is 11.5 Å². The van der Waals surface area contributed by atoms with Crippen molar-refractivity contribution < 1.29 is 9.47 Å². The summed E-state index contributed by atoms with van der Waals surface area (Å²) in [6, 6.07) is 19.8. The second-order valence-corrected chi connectivity index (χ2v) is 8.40. The Morgan fingerprint density at radius 1 is 0.629 bits per heavy atom. The van der Waals surface area contributed by atoms with E-state index in [2.05, 4.69) is 45.0 Å². The number of ether oxygens (including phenoxy) is 2. The number of aryl methyl sites for hydroxylation is 3. The lowest BCUT2D eigenvalue weighted by atomic mass is 10.0. The maximum atomic E-state index is 6.03. The van der Waals surface area contributed by atoms with Crippen LogP contribution >= 0.6 is 0 Å². The summed E-state index contributed by atoms with van der Waals surface area (Å²) in [5.41, 5.74) is 23.7. The highest BCUT2D eigenvalue weighted by Crippen LogP contribution is 2.25. The molecule has 0 fully saturated rings. The van der Waals surface area contributed by atoms with Crippen molar-refractivity contribution in [1.29, 1.82) is 0 Å². The fourth-order valence-corrected chi connectivity index (χ4v) is 3.47. The van der Waals surface area contributed by atoms with Crippen LogP contribution in [-0.2, 0) is 19.3 Å². The lowest BCUT2D eigenvalue weighted by Crippen LogP contribution is -1.96. The topological polar surface area (TPSA) is 96.5 Å². The van der Waals surface area contributed by atoms with Crippen LogP contribution in [0.4, 0.5) is 17.1 Å². The number of hydrogen-bond donors (Lipinski definition) is 3. The molecule has 3 rings (SSSR count). The van der Waals surface area contributed by atoms with E-state index in [-0.39, 0.29) is 0 Å². The first-order valence-electron chi connectivity index (χ1n) is 12.6. The van der Waals surface area contributed by atoms with E-state index in [4.69, 9.17) is 26.7 Å². The first-order chi connectivity index (χ1) is 16.9. The van der Waals surface area contributed by atoms with Gasteiger partial charge in [0.25, 0.3) is 0 Å². The summed E-state index contributed by atoms with van der Waals surface area (Å²) >= 11 is 0. The second-order valence-electron chi connectivity index (χ2n) is 8.40. The van der Waals surface area contributed by atoms with Gasteiger partial charge < -0.3 is 26.7 Å². The van der Waals surface area contributed by atoms with Gasteiger partial charge in [-0.05, 0) is 73.1 Å². The average molecular weight is 480 g/mol. The maximum Gasteiger partial charge on any atom is 0.142 e. The summed E-state index contributed by atoms with van der Waals surface area (Å²) in [7, 11) is 3.18. The zero-order valence-corrected chi connectivity index (χ0v) is 22.3. The Kier molecular flexibility index (Phi) is 14.5. The molecule has 0 aromatic heterocycles. The summed E-state index contributed by atoms with van der Waals surface area (Å²) in [6.45, 7) is 6.54. The quantitative estimate of drug-likeness (QED) is 0.285. The Bertz CT molecular complexity index is 989. The third kappa shape index (κ3) is 11.1. The zero-order valence-electron chi connectivity index (χ0n) is 22.3. The van der Waals surface area contributed by atoms with Crippen LogP contribution in [0.2, 0.25) is 0 Å². The molecular weight excluding hydrogens is 434 g/mol. The molecule has 6 N–H and O–H groups in total. The Morgan fingerprint density at radius 3 is 1.83 bits per heavy atom. The zero-order chi connectivity index (χ0) is 26.1. The Morgan fingerprint density at radius 2 is 1.31 bits per heavy atom. The SMILES string of the molecule is CCCCc1ccc(CCCC)c(N)c1.CCc1ccccc1N.COc1ccc(OC)c(N)c1. The highest BCUT2D eigenvalue weighted by Gasteiger charge is 2.01. The monoisotopic (exact) mass is 479 g/mol. The first-order valence-corrected chi connectivity index (χ1v) is 12.6. The number of nitrogen functional groups attached to an aromatic ring is 3. The molecule has 3 aromatic rings. The minimum Gasteiger partial charge on any atom is -0.497 e. The molecule has 0 saturated carbocycles. The van der Waals surface area contributed by atoms with E-state index in [0.717, 1.165) is 36.4 Å². The summed E-state index contributed by atoms with van der Waals surface area (Å²) in [5.74, 6) is 1.41. The molecule has 0 unspecified atom stereocenters. The summed E-state index contributed by atoms with van der Waals surface area (Å²) in [6.07, 6.45) is 8.28. The van der Waals surface area contributed by atoms with Crippen molar-refractivity contribution in [1.82, 2.24) is 0 Å². The van der Waals surface area contributed by atoms with Crippen molar-refractivity contribution in [3.63, 3.8) is 0 Å². The van der Waals surface area contributed by atoms with Crippen molar-refractivity contribution >= 4 is 17.1 Å². The minimum atomic E-state index is 0.590. The number of para-hydroxylation sites is 1. The third-order valence-electron chi connectivity index (χ3n) is 5.70. The van der Waals surface area contributed by atoms with Crippen LogP contribution in [0.5, 0.6) is 11.5 Å². The molecule has 0 aliphatic heterocycles. The van der Waals surface area contributed by atoms with E-state index in [1.54, 1.807) is 32.4 Å². The number of anilines is 3. The van der Waals surface area contributed by atoms with Gasteiger partial charge in [-0.1, -0.05) is 63.9 Å². The Labute approximate surface area is 212 Å². The van der Waals surface area contributed by atoms with Gasteiger partial charge >= 0.3 is 0 Å². The number of benzene rings is 3. The van der Waals surface area contributed by atoms with Crippen molar-refractivity contribution in [2.24, 2.45) is 0 Å². The van der Waals surface area contributed by atoms with Gasteiger partial charge in [0.2, 0.25) is 0 Å². The Balaban J connectivity index is 0.000000272. The molecule has 0 atom stereocenters. The van der Waals surface area contributed by atoms with Crippen LogP contribution < -0.4 is 26.7 Å². The molecule has 0 bridgehead atoms. The molecule has 0 amide bonds. The summed E-state index contributed by atoms with van der Waals surface area (Å²) < 4.78 is 9.92. The van der Waals surface area contributed by atoms with E-state index >= 15 is 0 Å². The van der Waals surface area contributed by atoms with E-state index in [9.17, 15) is 0 Å². The largest absolute Gasteiger partial charge is 0.497 e. The van der Waals surface area contributed by atoms with Crippen LogP contribution in [0.25, 0.3) is 0 Å². The summed E-state index contributed by atoms with van der Waals surface area (Å²) in [4.78, 5) is 0. The lowest BCUT2D eigenvalue weighted by molar-refractivity contribution is 0.405. The smallest absolute Gasteiger partial charge is 0.142 e. The molecule has 0 heterocycles. The maximum absolute atomic E-state index is 6.03. The average Bonchev–Trinajstić information content (AvgIpc) is 2.88. The molecule has 0 aliphatic carbocycles. The number of methoxy groups -OCH3 is 2. The lowest BCUT2D eigenvalue weighted by Gasteiger charge is -2.07. The molecular formula is C30H45N3O2. The van der Waals surface area contributed by atoms with Crippen molar-refractivity contribution in [3.8, 4) is 11.5 Å². The molecule has 5 heteroatoms. The molecule has 0 aliphatic rings. The standard InChI is InChI=1S/C14H23N.C8H11NO2.C8H11N/c1-3-5-7-12-9-10-13(8-6-4-2)14(15)11-12;1-10-6-3-4-8(11-2)7(9)5-6;1-2-7-5-3-4-6-8(7)9/h9-11H,3-8,15H2,1-2H3;3-5H,9H2,1-2H3;3-6H,2,9H2,1H3. The predicted octanol–water partition coefficient (Wildman–Crippen LogP) is 7.07. The third-order valence-corrected chi connectivity index (χ3v) is 5.70. The number of hydrogen-bond acceptors (Lipinski definition) is 5. The van der Waals surface area contributed by atoms with E-state index in [1.165, 1.54) is 42.4 Å². The van der Waals surface area contributed by atoms with E-state index in [1.807, 2.05) is 18.2 Å². The van der Waals surface area contributed by atoms with Crippen LogP contribution in [0, 0.1) is 0 Å². The predicted molar refractivity (Wildman–Crippen MR) is 152 cm³/mol. The fourth-order valence-electron chi connectivity index (χ4n) is 3.47. The first kappa shape index (κ1) is 29.7. The Hall–Kier alpha value is -3.34. The number of nitrogens with two attached hydrogens (primary N) is 3. The van der Waals surface area contributed by atoms with Crippen LogP contribution in [-0.4, -0.2) is 14.2 Å². The van der Waals surface area contributed by atoms with E-state index in [0.29, 0.717) is 11.4 Å². The highest BCUT2D eigenvalue weighted by atomic mass is 16.5. The van der Waals surface area contributed by atoms with Gasteiger partial charge in [-0.25, -0.2) is 0 Å². The van der Waals surface area contributed by atoms with Gasteiger partial charge in [-0.3, -0.25) is 0 Å². The summed E-state index contributed by atoms with van der Waals surface area (Å²) in [5, 5.41) is 0. The van der Waals surface area contributed by atoms with Gasteiger partial charge in [-0.15, -0.1) is 0 Å². The molecule has 5 nitrogen and oxygen atoms in total. The molecule has 3 aromatic carbocycles.